The molecule has 104 valence electrons. The summed E-state index contributed by atoms with van der Waals surface area (Å²) < 4.78 is 25.6. The fourth-order valence-corrected chi connectivity index (χ4v) is 2.96. The second kappa shape index (κ2) is 5.49. The van der Waals surface area contributed by atoms with Crippen LogP contribution >= 0.6 is 0 Å². The van der Waals surface area contributed by atoms with Gasteiger partial charge in [-0.3, -0.25) is 4.79 Å². The molecule has 9 heteroatoms. The lowest BCUT2D eigenvalue weighted by atomic mass is 10.4. The van der Waals surface area contributed by atoms with Gasteiger partial charge in [0.15, 0.2) is 0 Å². The van der Waals surface area contributed by atoms with Gasteiger partial charge in [-0.05, 0) is 6.92 Å². The highest BCUT2D eigenvalue weighted by Crippen LogP contribution is 2.15. The summed E-state index contributed by atoms with van der Waals surface area (Å²) in [7, 11) is -3.71. The lowest BCUT2D eigenvalue weighted by Gasteiger charge is -2.25. The Balaban J connectivity index is 2.21. The van der Waals surface area contributed by atoms with E-state index in [-0.39, 0.29) is 23.9 Å². The zero-order valence-electron chi connectivity index (χ0n) is 10.5. The maximum atomic E-state index is 12.2. The van der Waals surface area contributed by atoms with Crippen molar-refractivity contribution in [2.75, 3.05) is 31.5 Å². The van der Waals surface area contributed by atoms with Gasteiger partial charge >= 0.3 is 0 Å². The maximum Gasteiger partial charge on any atom is 0.246 e. The fraction of sp³-hybridized carbons (Fsp3) is 0.500. The number of rotatable bonds is 4. The number of carbonyl (C=O) groups is 1. The predicted octanol–water partition coefficient (Wildman–Crippen LogP) is -0.971. The Bertz CT molecular complexity index is 557. The number of carbonyl (C=O) groups excluding carboxylic acids is 1. The van der Waals surface area contributed by atoms with Crippen molar-refractivity contribution in [1.29, 1.82) is 0 Å². The van der Waals surface area contributed by atoms with Crippen LogP contribution in [0.2, 0.25) is 0 Å². The van der Waals surface area contributed by atoms with E-state index in [0.29, 0.717) is 19.0 Å². The average Bonchev–Trinajstić information content (AvgIpc) is 2.40. The highest BCUT2D eigenvalue weighted by atomic mass is 32.2. The van der Waals surface area contributed by atoms with Gasteiger partial charge in [0.1, 0.15) is 4.90 Å². The van der Waals surface area contributed by atoms with E-state index in [1.165, 1.54) is 12.4 Å². The Hall–Kier alpha value is -1.74. The SMILES string of the molecule is CCNc1ncc(S(=O)(=O)N2CCNC(=O)C2)cn1. The van der Waals surface area contributed by atoms with E-state index in [9.17, 15) is 13.2 Å². The Morgan fingerprint density at radius 3 is 2.68 bits per heavy atom. The third-order valence-corrected chi connectivity index (χ3v) is 4.40. The molecule has 1 aromatic rings. The van der Waals surface area contributed by atoms with Gasteiger partial charge in [0, 0.05) is 19.6 Å². The second-order valence-corrected chi connectivity index (χ2v) is 5.90. The molecule has 1 aromatic heterocycles. The topological polar surface area (TPSA) is 104 Å². The van der Waals surface area contributed by atoms with Crippen LogP contribution in [0.4, 0.5) is 5.95 Å². The Labute approximate surface area is 111 Å². The van der Waals surface area contributed by atoms with Gasteiger partial charge in [-0.2, -0.15) is 4.31 Å². The molecular weight excluding hydrogens is 270 g/mol. The first kappa shape index (κ1) is 13.7. The third-order valence-electron chi connectivity index (χ3n) is 2.60. The molecule has 0 unspecified atom stereocenters. The van der Waals surface area contributed by atoms with Gasteiger partial charge in [0.05, 0.1) is 18.9 Å². The van der Waals surface area contributed by atoms with Gasteiger partial charge in [-0.1, -0.05) is 0 Å². The van der Waals surface area contributed by atoms with E-state index in [1.54, 1.807) is 0 Å². The van der Waals surface area contributed by atoms with Crippen LogP contribution < -0.4 is 10.6 Å². The summed E-state index contributed by atoms with van der Waals surface area (Å²) >= 11 is 0. The van der Waals surface area contributed by atoms with Gasteiger partial charge in [0.25, 0.3) is 0 Å². The summed E-state index contributed by atoms with van der Waals surface area (Å²) in [6.07, 6.45) is 2.49. The van der Waals surface area contributed by atoms with Crippen molar-refractivity contribution in [1.82, 2.24) is 19.6 Å². The highest BCUT2D eigenvalue weighted by molar-refractivity contribution is 7.89. The van der Waals surface area contributed by atoms with Crippen LogP contribution in [0.1, 0.15) is 6.92 Å². The van der Waals surface area contributed by atoms with Crippen LogP contribution in [0, 0.1) is 0 Å². The van der Waals surface area contributed by atoms with Gasteiger partial charge in [-0.15, -0.1) is 0 Å². The largest absolute Gasteiger partial charge is 0.355 e. The number of aromatic nitrogens is 2. The van der Waals surface area contributed by atoms with Crippen LogP contribution in [0.15, 0.2) is 17.3 Å². The van der Waals surface area contributed by atoms with Crippen molar-refractivity contribution in [3.63, 3.8) is 0 Å². The maximum absolute atomic E-state index is 12.2. The molecule has 1 fully saturated rings. The fourth-order valence-electron chi connectivity index (χ4n) is 1.67. The molecule has 2 rings (SSSR count). The van der Waals surface area contributed by atoms with E-state index >= 15 is 0 Å². The van der Waals surface area contributed by atoms with Crippen molar-refractivity contribution in [3.8, 4) is 0 Å². The van der Waals surface area contributed by atoms with Crippen molar-refractivity contribution < 1.29 is 13.2 Å². The minimum absolute atomic E-state index is 0.0103. The second-order valence-electron chi connectivity index (χ2n) is 3.96. The summed E-state index contributed by atoms with van der Waals surface area (Å²) in [5.41, 5.74) is 0. The predicted molar refractivity (Wildman–Crippen MR) is 68.0 cm³/mol. The zero-order valence-corrected chi connectivity index (χ0v) is 11.3. The quantitative estimate of drug-likeness (QED) is 0.737. The molecule has 1 amide bonds. The summed E-state index contributed by atoms with van der Waals surface area (Å²) in [6, 6.07) is 0. The number of anilines is 1. The number of sulfonamides is 1. The molecule has 0 atom stereocenters. The average molecular weight is 285 g/mol. The molecule has 2 heterocycles. The van der Waals surface area contributed by atoms with Gasteiger partial charge < -0.3 is 10.6 Å². The van der Waals surface area contributed by atoms with Crippen LogP contribution in [0.5, 0.6) is 0 Å². The molecule has 0 radical (unpaired) electrons. The lowest BCUT2D eigenvalue weighted by molar-refractivity contribution is -0.122. The smallest absolute Gasteiger partial charge is 0.246 e. The minimum Gasteiger partial charge on any atom is -0.355 e. The standard InChI is InChI=1S/C10H15N5O3S/c1-2-11-10-13-5-8(6-14-10)19(17,18)15-4-3-12-9(16)7-15/h5-6H,2-4,7H2,1H3,(H,12,16)(H,11,13,14). The molecule has 1 aliphatic heterocycles. The van der Waals surface area contributed by atoms with Crippen molar-refractivity contribution in [2.45, 2.75) is 11.8 Å². The molecule has 19 heavy (non-hydrogen) atoms. The first-order valence-electron chi connectivity index (χ1n) is 5.87. The molecule has 2 N–H and O–H groups in total. The van der Waals surface area contributed by atoms with Crippen molar-refractivity contribution in [3.05, 3.63) is 12.4 Å². The molecular formula is C10H15N5O3S. The van der Waals surface area contributed by atoms with Crippen molar-refractivity contribution >= 4 is 21.9 Å². The number of piperazine rings is 1. The van der Waals surface area contributed by atoms with Crippen LogP contribution in [0.3, 0.4) is 0 Å². The van der Waals surface area contributed by atoms with Gasteiger partial charge in [0.2, 0.25) is 21.9 Å². The number of hydrogen-bond donors (Lipinski definition) is 2. The van der Waals surface area contributed by atoms with Gasteiger partial charge in [-0.25, -0.2) is 18.4 Å². The lowest BCUT2D eigenvalue weighted by Crippen LogP contribution is -2.49. The summed E-state index contributed by atoms with van der Waals surface area (Å²) in [6.45, 7) is 2.94. The monoisotopic (exact) mass is 285 g/mol. The Kier molecular flexibility index (Phi) is 3.96. The van der Waals surface area contributed by atoms with Crippen LogP contribution in [0.25, 0.3) is 0 Å². The molecule has 0 saturated carbocycles. The molecule has 0 aliphatic carbocycles. The van der Waals surface area contributed by atoms with E-state index < -0.39 is 10.0 Å². The Morgan fingerprint density at radius 1 is 1.42 bits per heavy atom. The van der Waals surface area contributed by atoms with E-state index in [2.05, 4.69) is 20.6 Å². The Morgan fingerprint density at radius 2 is 2.11 bits per heavy atom. The molecule has 0 aromatic carbocycles. The number of nitrogens with zero attached hydrogens (tertiary/aromatic N) is 3. The first-order valence-corrected chi connectivity index (χ1v) is 7.31. The summed E-state index contributed by atoms with van der Waals surface area (Å²) in [5.74, 6) is 0.0675. The number of nitrogens with one attached hydrogen (secondary N) is 2. The number of amides is 1. The van der Waals surface area contributed by atoms with Crippen LogP contribution in [-0.2, 0) is 14.8 Å². The normalized spacial score (nSPS) is 17.0. The van der Waals surface area contributed by atoms with E-state index in [4.69, 9.17) is 0 Å². The van der Waals surface area contributed by atoms with E-state index in [1.807, 2.05) is 6.92 Å². The summed E-state index contributed by atoms with van der Waals surface area (Å²) in [5, 5.41) is 5.45. The van der Waals surface area contributed by atoms with E-state index in [0.717, 1.165) is 4.31 Å². The highest BCUT2D eigenvalue weighted by Gasteiger charge is 2.29. The minimum atomic E-state index is -3.71. The third kappa shape index (κ3) is 2.99. The number of hydrogen-bond acceptors (Lipinski definition) is 6. The van der Waals surface area contributed by atoms with Crippen molar-refractivity contribution in [2.24, 2.45) is 0 Å². The zero-order chi connectivity index (χ0) is 13.9. The summed E-state index contributed by atoms with van der Waals surface area (Å²) in [4.78, 5) is 19.1. The van der Waals surface area contributed by atoms with Crippen LogP contribution in [-0.4, -0.2) is 54.8 Å². The molecule has 8 nitrogen and oxygen atoms in total. The molecule has 0 bridgehead atoms. The molecule has 1 aliphatic rings. The molecule has 0 spiro atoms. The first-order chi connectivity index (χ1) is 9.04. The molecule has 1 saturated heterocycles.